The van der Waals surface area contributed by atoms with Gasteiger partial charge in [0.25, 0.3) is 0 Å². The lowest BCUT2D eigenvalue weighted by Crippen LogP contribution is -2.41. The Morgan fingerprint density at radius 3 is 2.75 bits per heavy atom. The Morgan fingerprint density at radius 2 is 2.00 bits per heavy atom. The van der Waals surface area contributed by atoms with Gasteiger partial charge in [-0.3, -0.25) is 0 Å². The first-order chi connectivity index (χ1) is 9.74. The number of hydrogen-bond acceptors (Lipinski definition) is 3. The number of para-hydroxylation sites is 1. The standard InChI is InChI=1S/C17H28N2O/c1-18-16-10-6-4-8-14(16)12-19(2)13-15-9-5-7-11-17(15)20-3/h5,7,9,11,14,16,18H,4,6,8,10,12-13H2,1-3H3. The van der Waals surface area contributed by atoms with Crippen LogP contribution in [0.4, 0.5) is 0 Å². The Bertz CT molecular complexity index is 408. The van der Waals surface area contributed by atoms with Crippen LogP contribution in [0.3, 0.4) is 0 Å². The fourth-order valence-electron chi connectivity index (χ4n) is 3.40. The van der Waals surface area contributed by atoms with Gasteiger partial charge in [0.1, 0.15) is 5.75 Å². The van der Waals surface area contributed by atoms with Gasteiger partial charge in [-0.25, -0.2) is 0 Å². The molecule has 0 aromatic heterocycles. The van der Waals surface area contributed by atoms with E-state index in [1.54, 1.807) is 7.11 Å². The highest BCUT2D eigenvalue weighted by atomic mass is 16.5. The van der Waals surface area contributed by atoms with Crippen LogP contribution in [0.1, 0.15) is 31.2 Å². The van der Waals surface area contributed by atoms with Crippen molar-refractivity contribution >= 4 is 0 Å². The molecule has 2 rings (SSSR count). The first-order valence-corrected chi connectivity index (χ1v) is 7.72. The van der Waals surface area contributed by atoms with Gasteiger partial charge in [-0.2, -0.15) is 0 Å². The van der Waals surface area contributed by atoms with Crippen molar-refractivity contribution < 1.29 is 4.74 Å². The maximum Gasteiger partial charge on any atom is 0.123 e. The van der Waals surface area contributed by atoms with E-state index < -0.39 is 0 Å². The quantitative estimate of drug-likeness (QED) is 0.864. The van der Waals surface area contributed by atoms with Crippen LogP contribution in [0.15, 0.2) is 24.3 Å². The molecule has 0 amide bonds. The first-order valence-electron chi connectivity index (χ1n) is 7.72. The number of benzene rings is 1. The maximum absolute atomic E-state index is 5.44. The SMILES string of the molecule is CNC1CCCCC1CN(C)Cc1ccccc1OC. The summed E-state index contributed by atoms with van der Waals surface area (Å²) in [6, 6.07) is 9.00. The molecule has 2 unspecified atom stereocenters. The highest BCUT2D eigenvalue weighted by molar-refractivity contribution is 5.33. The molecular formula is C17H28N2O. The number of nitrogens with zero attached hydrogens (tertiary/aromatic N) is 1. The molecule has 1 aromatic carbocycles. The van der Waals surface area contributed by atoms with Crippen molar-refractivity contribution in [1.82, 2.24) is 10.2 Å². The number of nitrogens with one attached hydrogen (secondary N) is 1. The van der Waals surface area contributed by atoms with E-state index >= 15 is 0 Å². The van der Waals surface area contributed by atoms with Crippen LogP contribution >= 0.6 is 0 Å². The fourth-order valence-corrected chi connectivity index (χ4v) is 3.40. The molecule has 0 heterocycles. The van der Waals surface area contributed by atoms with E-state index in [2.05, 4.69) is 36.4 Å². The Labute approximate surface area is 123 Å². The average Bonchev–Trinajstić information content (AvgIpc) is 2.48. The summed E-state index contributed by atoms with van der Waals surface area (Å²) in [5, 5.41) is 3.49. The number of rotatable bonds is 6. The first kappa shape index (κ1) is 15.3. The average molecular weight is 276 g/mol. The van der Waals surface area contributed by atoms with Crippen LogP contribution in [-0.4, -0.2) is 38.7 Å². The summed E-state index contributed by atoms with van der Waals surface area (Å²) >= 11 is 0. The van der Waals surface area contributed by atoms with Crippen molar-refractivity contribution in [3.8, 4) is 5.75 Å². The molecule has 0 spiro atoms. The van der Waals surface area contributed by atoms with Gasteiger partial charge >= 0.3 is 0 Å². The van der Waals surface area contributed by atoms with E-state index in [1.807, 2.05) is 12.1 Å². The zero-order valence-corrected chi connectivity index (χ0v) is 13.1. The third-order valence-corrected chi connectivity index (χ3v) is 4.46. The third-order valence-electron chi connectivity index (χ3n) is 4.46. The minimum Gasteiger partial charge on any atom is -0.496 e. The number of methoxy groups -OCH3 is 1. The summed E-state index contributed by atoms with van der Waals surface area (Å²) in [5.74, 6) is 1.77. The molecule has 0 bridgehead atoms. The predicted octanol–water partition coefficient (Wildman–Crippen LogP) is 2.91. The van der Waals surface area contributed by atoms with E-state index in [-0.39, 0.29) is 0 Å². The molecule has 1 saturated carbocycles. The van der Waals surface area contributed by atoms with Gasteiger partial charge in [0.15, 0.2) is 0 Å². The van der Waals surface area contributed by atoms with Gasteiger partial charge in [-0.1, -0.05) is 31.0 Å². The summed E-state index contributed by atoms with van der Waals surface area (Å²) in [4.78, 5) is 2.43. The van der Waals surface area contributed by atoms with Crippen molar-refractivity contribution in [3.05, 3.63) is 29.8 Å². The summed E-state index contributed by atoms with van der Waals surface area (Å²) in [6.45, 7) is 2.11. The molecular weight excluding hydrogens is 248 g/mol. The van der Waals surface area contributed by atoms with Gasteiger partial charge in [0.2, 0.25) is 0 Å². The zero-order chi connectivity index (χ0) is 14.4. The lowest BCUT2D eigenvalue weighted by atomic mass is 9.84. The Kier molecular flexibility index (Phi) is 5.86. The molecule has 3 nitrogen and oxygen atoms in total. The lowest BCUT2D eigenvalue weighted by Gasteiger charge is -2.34. The van der Waals surface area contributed by atoms with Crippen LogP contribution in [-0.2, 0) is 6.54 Å². The van der Waals surface area contributed by atoms with Crippen molar-refractivity contribution in [2.24, 2.45) is 5.92 Å². The van der Waals surface area contributed by atoms with Crippen LogP contribution in [0.5, 0.6) is 5.75 Å². The van der Waals surface area contributed by atoms with E-state index in [0.717, 1.165) is 24.8 Å². The van der Waals surface area contributed by atoms with E-state index in [1.165, 1.54) is 31.2 Å². The number of ether oxygens (including phenoxy) is 1. The molecule has 1 aromatic rings. The molecule has 3 heteroatoms. The van der Waals surface area contributed by atoms with E-state index in [4.69, 9.17) is 4.74 Å². The van der Waals surface area contributed by atoms with Crippen LogP contribution in [0.25, 0.3) is 0 Å². The second kappa shape index (κ2) is 7.65. The minimum atomic E-state index is 0.684. The topological polar surface area (TPSA) is 24.5 Å². The smallest absolute Gasteiger partial charge is 0.123 e. The van der Waals surface area contributed by atoms with Gasteiger partial charge < -0.3 is 15.0 Å². The third kappa shape index (κ3) is 3.97. The molecule has 1 aliphatic rings. The van der Waals surface area contributed by atoms with Gasteiger partial charge in [-0.15, -0.1) is 0 Å². The summed E-state index contributed by atoms with van der Waals surface area (Å²) < 4.78 is 5.44. The summed E-state index contributed by atoms with van der Waals surface area (Å²) in [7, 11) is 6.06. The van der Waals surface area contributed by atoms with E-state index in [0.29, 0.717) is 6.04 Å². The zero-order valence-electron chi connectivity index (χ0n) is 13.1. The Morgan fingerprint density at radius 1 is 1.25 bits per heavy atom. The Balaban J connectivity index is 1.92. The molecule has 0 aliphatic heterocycles. The number of hydrogen-bond donors (Lipinski definition) is 1. The molecule has 0 saturated heterocycles. The van der Waals surface area contributed by atoms with E-state index in [9.17, 15) is 0 Å². The van der Waals surface area contributed by atoms with Crippen molar-refractivity contribution in [2.45, 2.75) is 38.3 Å². The maximum atomic E-state index is 5.44. The Hall–Kier alpha value is -1.06. The molecule has 20 heavy (non-hydrogen) atoms. The van der Waals surface area contributed by atoms with Gasteiger partial charge in [0, 0.05) is 24.7 Å². The van der Waals surface area contributed by atoms with Crippen molar-refractivity contribution in [2.75, 3.05) is 27.7 Å². The second-order valence-corrected chi connectivity index (χ2v) is 5.95. The van der Waals surface area contributed by atoms with Crippen LogP contribution in [0, 0.1) is 5.92 Å². The van der Waals surface area contributed by atoms with Crippen LogP contribution < -0.4 is 10.1 Å². The largest absolute Gasteiger partial charge is 0.496 e. The minimum absolute atomic E-state index is 0.684. The van der Waals surface area contributed by atoms with Crippen molar-refractivity contribution in [3.63, 3.8) is 0 Å². The lowest BCUT2D eigenvalue weighted by molar-refractivity contribution is 0.189. The van der Waals surface area contributed by atoms with Crippen LogP contribution in [0.2, 0.25) is 0 Å². The summed E-state index contributed by atoms with van der Waals surface area (Å²) in [5.41, 5.74) is 1.27. The molecule has 1 N–H and O–H groups in total. The highest BCUT2D eigenvalue weighted by Gasteiger charge is 2.24. The van der Waals surface area contributed by atoms with Crippen molar-refractivity contribution in [1.29, 1.82) is 0 Å². The van der Waals surface area contributed by atoms with Gasteiger partial charge in [0.05, 0.1) is 7.11 Å². The monoisotopic (exact) mass is 276 g/mol. The van der Waals surface area contributed by atoms with Gasteiger partial charge in [-0.05, 0) is 38.9 Å². The molecule has 1 aliphatic carbocycles. The second-order valence-electron chi connectivity index (χ2n) is 5.95. The summed E-state index contributed by atoms with van der Waals surface area (Å²) in [6.07, 6.45) is 5.43. The molecule has 0 radical (unpaired) electrons. The molecule has 112 valence electrons. The highest BCUT2D eigenvalue weighted by Crippen LogP contribution is 2.26. The normalized spacial score (nSPS) is 23.0. The fraction of sp³-hybridized carbons (Fsp3) is 0.647. The molecule has 2 atom stereocenters. The molecule has 1 fully saturated rings. The predicted molar refractivity (Wildman–Crippen MR) is 84.1 cm³/mol.